The number of carbonyl (C=O) groups is 1. The third-order valence-corrected chi connectivity index (χ3v) is 5.67. The van der Waals surface area contributed by atoms with E-state index in [1.54, 1.807) is 24.3 Å². The van der Waals surface area contributed by atoms with Crippen molar-refractivity contribution < 1.29 is 18.7 Å². The fraction of sp³-hybridized carbons (Fsp3) is 0.0476. The minimum atomic E-state index is -0.764. The molecule has 0 bridgehead atoms. The number of aromatic nitrogens is 2. The van der Waals surface area contributed by atoms with Crippen molar-refractivity contribution in [2.24, 2.45) is 0 Å². The van der Waals surface area contributed by atoms with Gasteiger partial charge in [0.1, 0.15) is 0 Å². The first-order valence-corrected chi connectivity index (χ1v) is 10.4. The van der Waals surface area contributed by atoms with Crippen LogP contribution in [-0.4, -0.2) is 27.3 Å². The van der Waals surface area contributed by atoms with Crippen molar-refractivity contribution in [1.82, 2.24) is 9.97 Å². The van der Waals surface area contributed by atoms with E-state index in [-0.39, 0.29) is 22.8 Å². The van der Waals surface area contributed by atoms with Crippen LogP contribution in [0, 0.1) is 5.82 Å². The van der Waals surface area contributed by atoms with Crippen molar-refractivity contribution in [2.45, 2.75) is 0 Å². The van der Waals surface area contributed by atoms with E-state index in [9.17, 15) is 9.18 Å². The normalized spacial score (nSPS) is 14.9. The van der Waals surface area contributed by atoms with Crippen molar-refractivity contribution in [3.63, 3.8) is 0 Å². The van der Waals surface area contributed by atoms with Crippen LogP contribution in [-0.2, 0) is 4.79 Å². The second-order valence-electron chi connectivity index (χ2n) is 6.16. The molecule has 0 unspecified atom stereocenters. The number of thiocarbonyl (C=S) groups is 1. The highest BCUT2D eigenvalue weighted by Gasteiger charge is 2.33. The van der Waals surface area contributed by atoms with Crippen LogP contribution in [0.1, 0.15) is 5.56 Å². The molecule has 1 saturated heterocycles. The number of anilines is 1. The van der Waals surface area contributed by atoms with Gasteiger partial charge in [0.25, 0.3) is 11.8 Å². The average molecular weight is 474 g/mol. The maximum absolute atomic E-state index is 13.9. The molecule has 0 radical (unpaired) electrons. The Kier molecular flexibility index (Phi) is 6.17. The second-order valence-corrected chi connectivity index (χ2v) is 8.17. The molecule has 0 aliphatic carbocycles. The Morgan fingerprint density at radius 2 is 1.97 bits per heavy atom. The molecule has 1 amide bonds. The molecule has 1 fully saturated rings. The summed E-state index contributed by atoms with van der Waals surface area (Å²) >= 11 is 12.3. The molecule has 31 heavy (non-hydrogen) atoms. The number of hydrogen-bond donors (Lipinski definition) is 0. The highest BCUT2D eigenvalue weighted by Crippen LogP contribution is 2.38. The summed E-state index contributed by atoms with van der Waals surface area (Å²) in [6, 6.07) is 14.1. The van der Waals surface area contributed by atoms with Gasteiger partial charge >= 0.3 is 0 Å². The molecular weight excluding hydrogens is 461 g/mol. The van der Waals surface area contributed by atoms with Crippen LogP contribution in [0.25, 0.3) is 6.08 Å². The number of amides is 1. The average Bonchev–Trinajstić information content (AvgIpc) is 3.05. The first-order valence-electron chi connectivity index (χ1n) is 8.83. The zero-order valence-corrected chi connectivity index (χ0v) is 18.3. The third kappa shape index (κ3) is 4.53. The number of thioether (sulfide) groups is 1. The van der Waals surface area contributed by atoms with Crippen LogP contribution in [0.5, 0.6) is 17.4 Å². The lowest BCUT2D eigenvalue weighted by Gasteiger charge is -2.13. The molecule has 4 rings (SSSR count). The van der Waals surface area contributed by atoms with Gasteiger partial charge < -0.3 is 9.47 Å². The SMILES string of the molecule is COc1cc(/C=C2/SC(=S)N(c3ccccc3)C2=O)ccc1Oc1nc(Cl)ncc1F. The Morgan fingerprint density at radius 1 is 1.19 bits per heavy atom. The summed E-state index contributed by atoms with van der Waals surface area (Å²) < 4.78 is 25.2. The fourth-order valence-corrected chi connectivity index (χ4v) is 4.21. The molecule has 1 aromatic heterocycles. The number of para-hydroxylation sites is 1. The van der Waals surface area contributed by atoms with E-state index in [1.807, 2.05) is 30.3 Å². The van der Waals surface area contributed by atoms with Gasteiger partial charge in [0.2, 0.25) is 11.1 Å². The zero-order valence-electron chi connectivity index (χ0n) is 15.9. The van der Waals surface area contributed by atoms with E-state index < -0.39 is 5.82 Å². The van der Waals surface area contributed by atoms with Crippen LogP contribution in [0.3, 0.4) is 0 Å². The van der Waals surface area contributed by atoms with Crippen molar-refractivity contribution in [1.29, 1.82) is 0 Å². The van der Waals surface area contributed by atoms with E-state index >= 15 is 0 Å². The summed E-state index contributed by atoms with van der Waals surface area (Å²) in [6.45, 7) is 0. The number of ether oxygens (including phenoxy) is 2. The lowest BCUT2D eigenvalue weighted by Crippen LogP contribution is -2.27. The lowest BCUT2D eigenvalue weighted by molar-refractivity contribution is -0.113. The molecule has 2 aromatic carbocycles. The molecule has 0 saturated carbocycles. The molecule has 156 valence electrons. The van der Waals surface area contributed by atoms with Gasteiger partial charge in [0.15, 0.2) is 15.8 Å². The summed E-state index contributed by atoms with van der Waals surface area (Å²) in [7, 11) is 1.45. The highest BCUT2D eigenvalue weighted by molar-refractivity contribution is 8.27. The maximum atomic E-state index is 13.9. The molecule has 1 aliphatic heterocycles. The van der Waals surface area contributed by atoms with Gasteiger partial charge in [0.05, 0.1) is 23.9 Å². The second kappa shape index (κ2) is 9.01. The first kappa shape index (κ1) is 21.2. The molecular formula is C21H13ClFN3O3S2. The van der Waals surface area contributed by atoms with Gasteiger partial charge in [-0.05, 0) is 47.5 Å². The summed E-state index contributed by atoms with van der Waals surface area (Å²) in [5.74, 6) is -0.750. The molecule has 0 atom stereocenters. The van der Waals surface area contributed by atoms with Crippen LogP contribution in [0.2, 0.25) is 5.28 Å². The van der Waals surface area contributed by atoms with Gasteiger partial charge in [-0.2, -0.15) is 9.37 Å². The monoisotopic (exact) mass is 473 g/mol. The van der Waals surface area contributed by atoms with Gasteiger partial charge in [-0.1, -0.05) is 48.2 Å². The zero-order chi connectivity index (χ0) is 22.0. The van der Waals surface area contributed by atoms with E-state index in [0.29, 0.717) is 26.2 Å². The molecule has 2 heterocycles. The maximum Gasteiger partial charge on any atom is 0.270 e. The highest BCUT2D eigenvalue weighted by atomic mass is 35.5. The first-order chi connectivity index (χ1) is 15.0. The standard InChI is InChI=1S/C21H13ClFN3O3S2/c1-28-16-9-12(7-8-15(16)29-18-14(23)11-24-20(22)25-18)10-17-19(27)26(21(30)31-17)13-5-3-2-4-6-13/h2-11H,1H3/b17-10+. The Labute approximate surface area is 191 Å². The van der Waals surface area contributed by atoms with Gasteiger partial charge in [-0.25, -0.2) is 4.98 Å². The number of halogens is 2. The Bertz CT molecular complexity index is 1210. The quantitative estimate of drug-likeness (QED) is 0.276. The summed E-state index contributed by atoms with van der Waals surface area (Å²) in [6.07, 6.45) is 2.62. The van der Waals surface area contributed by atoms with Gasteiger partial charge in [-0.15, -0.1) is 0 Å². The summed E-state index contributed by atoms with van der Waals surface area (Å²) in [5, 5.41) is -0.146. The van der Waals surface area contributed by atoms with Crippen LogP contribution < -0.4 is 14.4 Å². The fourth-order valence-electron chi connectivity index (χ4n) is 2.78. The summed E-state index contributed by atoms with van der Waals surface area (Å²) in [4.78, 5) is 22.1. The smallest absolute Gasteiger partial charge is 0.270 e. The van der Waals surface area contributed by atoms with Crippen molar-refractivity contribution >= 4 is 57.6 Å². The topological polar surface area (TPSA) is 64.5 Å². The molecule has 0 N–H and O–H groups in total. The number of rotatable bonds is 5. The predicted molar refractivity (Wildman–Crippen MR) is 122 cm³/mol. The predicted octanol–water partition coefficient (Wildman–Crippen LogP) is 5.48. The molecule has 10 heteroatoms. The van der Waals surface area contributed by atoms with Gasteiger partial charge in [0, 0.05) is 0 Å². The van der Waals surface area contributed by atoms with Gasteiger partial charge in [-0.3, -0.25) is 9.69 Å². The number of methoxy groups -OCH3 is 1. The summed E-state index contributed by atoms with van der Waals surface area (Å²) in [5.41, 5.74) is 1.39. The van der Waals surface area contributed by atoms with Crippen LogP contribution >= 0.6 is 35.6 Å². The number of benzene rings is 2. The number of carbonyl (C=O) groups excluding carboxylic acids is 1. The molecule has 3 aromatic rings. The van der Waals surface area contributed by atoms with E-state index in [0.717, 1.165) is 6.20 Å². The molecule has 0 spiro atoms. The minimum absolute atomic E-state index is 0.146. The lowest BCUT2D eigenvalue weighted by atomic mass is 10.2. The van der Waals surface area contributed by atoms with Crippen LogP contribution in [0.15, 0.2) is 59.6 Å². The van der Waals surface area contributed by atoms with Crippen LogP contribution in [0.4, 0.5) is 10.1 Å². The van der Waals surface area contributed by atoms with Crippen molar-refractivity contribution in [3.05, 3.63) is 76.3 Å². The van der Waals surface area contributed by atoms with E-state index in [2.05, 4.69) is 9.97 Å². The molecule has 1 aliphatic rings. The Balaban J connectivity index is 1.61. The minimum Gasteiger partial charge on any atom is -0.493 e. The number of nitrogens with zero attached hydrogens (tertiary/aromatic N) is 3. The van der Waals surface area contributed by atoms with Crippen molar-refractivity contribution in [3.8, 4) is 17.4 Å². The van der Waals surface area contributed by atoms with E-state index in [1.165, 1.54) is 23.8 Å². The molecule has 6 nitrogen and oxygen atoms in total. The number of hydrogen-bond acceptors (Lipinski definition) is 7. The third-order valence-electron chi connectivity index (χ3n) is 4.18. The Hall–Kier alpha value is -3.01. The van der Waals surface area contributed by atoms with Crippen molar-refractivity contribution in [2.75, 3.05) is 12.0 Å². The Morgan fingerprint density at radius 3 is 2.71 bits per heavy atom. The van der Waals surface area contributed by atoms with E-state index in [4.69, 9.17) is 33.3 Å². The largest absolute Gasteiger partial charge is 0.493 e.